The Kier molecular flexibility index (Phi) is 5.73. The summed E-state index contributed by atoms with van der Waals surface area (Å²) in [7, 11) is 0. The highest BCUT2D eigenvalue weighted by Gasteiger charge is 2.38. The van der Waals surface area contributed by atoms with E-state index >= 15 is 0 Å². The second kappa shape index (κ2) is 6.58. The Morgan fingerprint density at radius 1 is 1.31 bits per heavy atom. The fourth-order valence-corrected chi connectivity index (χ4v) is 2.91. The monoisotopic (exact) mass is 228 g/mol. The molecule has 1 saturated carbocycles. The van der Waals surface area contributed by atoms with Crippen molar-refractivity contribution in [3.63, 3.8) is 0 Å². The smallest absolute Gasteiger partial charge is 0.0431 e. The van der Waals surface area contributed by atoms with Gasteiger partial charge in [0.2, 0.25) is 0 Å². The molecule has 3 unspecified atom stereocenters. The van der Waals surface area contributed by atoms with Gasteiger partial charge in [-0.15, -0.1) is 0 Å². The average Bonchev–Trinajstić information content (AvgIpc) is 2.29. The number of unbranched alkanes of at least 4 members (excludes halogenated alkanes) is 1. The molecular formula is C13H28N2O. The van der Waals surface area contributed by atoms with Crippen LogP contribution in [0.1, 0.15) is 46.0 Å². The summed E-state index contributed by atoms with van der Waals surface area (Å²) >= 11 is 0. The number of nitrogens with two attached hydrogens (primary N) is 1. The van der Waals surface area contributed by atoms with Crippen molar-refractivity contribution < 1.29 is 5.11 Å². The molecule has 96 valence electrons. The molecule has 1 rings (SSSR count). The molecule has 0 bridgehead atoms. The van der Waals surface area contributed by atoms with Gasteiger partial charge in [-0.1, -0.05) is 20.3 Å². The van der Waals surface area contributed by atoms with E-state index in [0.717, 1.165) is 31.8 Å². The van der Waals surface area contributed by atoms with Gasteiger partial charge in [0.15, 0.2) is 0 Å². The minimum atomic E-state index is 0.146. The summed E-state index contributed by atoms with van der Waals surface area (Å²) in [6, 6.07) is 0. The van der Waals surface area contributed by atoms with Crippen molar-refractivity contribution in [1.29, 1.82) is 0 Å². The topological polar surface area (TPSA) is 58.3 Å². The van der Waals surface area contributed by atoms with E-state index in [1.54, 1.807) is 0 Å². The van der Waals surface area contributed by atoms with Gasteiger partial charge in [-0.25, -0.2) is 0 Å². The maximum absolute atomic E-state index is 8.77. The van der Waals surface area contributed by atoms with E-state index in [4.69, 9.17) is 10.8 Å². The summed E-state index contributed by atoms with van der Waals surface area (Å²) in [6.45, 7) is 6.65. The highest BCUT2D eigenvalue weighted by Crippen LogP contribution is 2.36. The van der Waals surface area contributed by atoms with E-state index in [2.05, 4.69) is 19.2 Å². The van der Waals surface area contributed by atoms with Crippen LogP contribution < -0.4 is 11.1 Å². The third-order valence-electron chi connectivity index (χ3n) is 4.17. The van der Waals surface area contributed by atoms with E-state index in [1.165, 1.54) is 19.3 Å². The van der Waals surface area contributed by atoms with Crippen LogP contribution in [0.25, 0.3) is 0 Å². The minimum Gasteiger partial charge on any atom is -0.396 e. The largest absolute Gasteiger partial charge is 0.396 e. The predicted molar refractivity (Wildman–Crippen MR) is 68.3 cm³/mol. The van der Waals surface area contributed by atoms with E-state index in [9.17, 15) is 0 Å². The van der Waals surface area contributed by atoms with Gasteiger partial charge in [0.1, 0.15) is 0 Å². The zero-order chi connectivity index (χ0) is 12.0. The van der Waals surface area contributed by atoms with Crippen LogP contribution in [0.5, 0.6) is 0 Å². The Labute approximate surface area is 99.8 Å². The molecule has 0 radical (unpaired) electrons. The molecule has 0 heterocycles. The first-order valence-corrected chi connectivity index (χ1v) is 6.70. The van der Waals surface area contributed by atoms with Crippen LogP contribution >= 0.6 is 0 Å². The standard InChI is InChI=1S/C13H28N2O/c1-11-5-6-12(2)13(9-11,10-14)15-7-3-4-8-16/h11-12,15-16H,3-10,14H2,1-2H3. The Bertz CT molecular complexity index is 198. The number of hydrogen-bond donors (Lipinski definition) is 3. The van der Waals surface area contributed by atoms with Crippen LogP contribution in [0.3, 0.4) is 0 Å². The summed E-state index contributed by atoms with van der Waals surface area (Å²) < 4.78 is 0. The average molecular weight is 228 g/mol. The molecule has 3 nitrogen and oxygen atoms in total. The molecule has 1 fully saturated rings. The van der Waals surface area contributed by atoms with Crippen molar-refractivity contribution in [3.8, 4) is 0 Å². The first-order valence-electron chi connectivity index (χ1n) is 6.70. The molecule has 3 atom stereocenters. The highest BCUT2D eigenvalue weighted by atomic mass is 16.2. The SMILES string of the molecule is CC1CCC(C)C(CN)(NCCCCO)C1. The number of rotatable bonds is 6. The van der Waals surface area contributed by atoms with Gasteiger partial charge in [0.05, 0.1) is 0 Å². The van der Waals surface area contributed by atoms with Crippen molar-refractivity contribution in [1.82, 2.24) is 5.32 Å². The van der Waals surface area contributed by atoms with Crippen molar-refractivity contribution >= 4 is 0 Å². The lowest BCUT2D eigenvalue weighted by Gasteiger charge is -2.45. The van der Waals surface area contributed by atoms with Gasteiger partial charge in [-0.05, 0) is 44.1 Å². The molecule has 16 heavy (non-hydrogen) atoms. The molecule has 0 aromatic carbocycles. The van der Waals surface area contributed by atoms with Gasteiger partial charge < -0.3 is 16.2 Å². The molecule has 3 heteroatoms. The van der Waals surface area contributed by atoms with Crippen LogP contribution in [0.4, 0.5) is 0 Å². The fourth-order valence-electron chi connectivity index (χ4n) is 2.91. The van der Waals surface area contributed by atoms with Gasteiger partial charge >= 0.3 is 0 Å². The predicted octanol–water partition coefficient (Wildman–Crippen LogP) is 1.50. The number of nitrogens with one attached hydrogen (secondary N) is 1. The van der Waals surface area contributed by atoms with Crippen LogP contribution in [0.15, 0.2) is 0 Å². The molecule has 0 spiro atoms. The van der Waals surface area contributed by atoms with Crippen molar-refractivity contribution in [2.45, 2.75) is 51.5 Å². The zero-order valence-electron chi connectivity index (χ0n) is 10.8. The summed E-state index contributed by atoms with van der Waals surface area (Å²) in [5, 5.41) is 12.4. The third-order valence-corrected chi connectivity index (χ3v) is 4.17. The second-order valence-electron chi connectivity index (χ2n) is 5.51. The fraction of sp³-hybridized carbons (Fsp3) is 1.00. The first-order chi connectivity index (χ1) is 7.64. The molecule has 0 aliphatic heterocycles. The lowest BCUT2D eigenvalue weighted by molar-refractivity contribution is 0.125. The molecule has 1 aliphatic rings. The summed E-state index contributed by atoms with van der Waals surface area (Å²) in [5.74, 6) is 1.45. The summed E-state index contributed by atoms with van der Waals surface area (Å²) in [4.78, 5) is 0. The lowest BCUT2D eigenvalue weighted by Crippen LogP contribution is -2.58. The lowest BCUT2D eigenvalue weighted by atomic mass is 9.69. The molecule has 0 amide bonds. The second-order valence-corrected chi connectivity index (χ2v) is 5.51. The number of aliphatic hydroxyl groups excluding tert-OH is 1. The Morgan fingerprint density at radius 3 is 2.69 bits per heavy atom. The van der Waals surface area contributed by atoms with Crippen molar-refractivity contribution in [3.05, 3.63) is 0 Å². The molecule has 0 aromatic rings. The first kappa shape index (κ1) is 13.9. The van der Waals surface area contributed by atoms with Crippen LogP contribution in [0, 0.1) is 11.8 Å². The van der Waals surface area contributed by atoms with Crippen molar-refractivity contribution in [2.24, 2.45) is 17.6 Å². The molecular weight excluding hydrogens is 200 g/mol. The van der Waals surface area contributed by atoms with E-state index < -0.39 is 0 Å². The highest BCUT2D eigenvalue weighted by molar-refractivity contribution is 4.97. The third kappa shape index (κ3) is 3.44. The molecule has 1 aliphatic carbocycles. The Morgan fingerprint density at radius 2 is 2.06 bits per heavy atom. The molecule has 4 N–H and O–H groups in total. The Hall–Kier alpha value is -0.120. The van der Waals surface area contributed by atoms with Gasteiger partial charge in [-0.3, -0.25) is 0 Å². The van der Waals surface area contributed by atoms with Gasteiger partial charge in [0.25, 0.3) is 0 Å². The normalized spacial score (nSPS) is 35.2. The van der Waals surface area contributed by atoms with Crippen LogP contribution in [-0.4, -0.2) is 30.3 Å². The zero-order valence-corrected chi connectivity index (χ0v) is 10.8. The van der Waals surface area contributed by atoms with E-state index in [0.29, 0.717) is 12.5 Å². The summed E-state index contributed by atoms with van der Waals surface area (Å²) in [6.07, 6.45) is 5.74. The Balaban J connectivity index is 2.46. The molecule has 0 saturated heterocycles. The van der Waals surface area contributed by atoms with Crippen LogP contribution in [-0.2, 0) is 0 Å². The minimum absolute atomic E-state index is 0.146. The number of hydrogen-bond acceptors (Lipinski definition) is 3. The maximum Gasteiger partial charge on any atom is 0.0431 e. The van der Waals surface area contributed by atoms with Gasteiger partial charge in [-0.2, -0.15) is 0 Å². The molecule has 0 aromatic heterocycles. The van der Waals surface area contributed by atoms with Crippen LogP contribution in [0.2, 0.25) is 0 Å². The van der Waals surface area contributed by atoms with Crippen molar-refractivity contribution in [2.75, 3.05) is 19.7 Å². The van der Waals surface area contributed by atoms with E-state index in [1.807, 2.05) is 0 Å². The maximum atomic E-state index is 8.77. The number of aliphatic hydroxyl groups is 1. The quantitative estimate of drug-likeness (QED) is 0.604. The van der Waals surface area contributed by atoms with E-state index in [-0.39, 0.29) is 5.54 Å². The summed E-state index contributed by atoms with van der Waals surface area (Å²) in [5.41, 5.74) is 6.14. The van der Waals surface area contributed by atoms with Gasteiger partial charge in [0, 0.05) is 18.7 Å².